The number of ether oxygens (including phenoxy) is 1. The molecule has 0 aromatic heterocycles. The summed E-state index contributed by atoms with van der Waals surface area (Å²) in [6, 6.07) is 9.33. The number of anilines is 1. The van der Waals surface area contributed by atoms with Crippen LogP contribution in [0.15, 0.2) is 24.3 Å². The topological polar surface area (TPSA) is 24.5 Å². The van der Waals surface area contributed by atoms with Crippen molar-refractivity contribution in [1.82, 2.24) is 4.90 Å². The fourth-order valence-corrected chi connectivity index (χ4v) is 2.32. The first-order chi connectivity index (χ1) is 8.29. The number of rotatable bonds is 4. The summed E-state index contributed by atoms with van der Waals surface area (Å²) in [4.78, 5) is 2.44. The Kier molecular flexibility index (Phi) is 4.40. The lowest BCUT2D eigenvalue weighted by Gasteiger charge is -2.31. The molecule has 1 aromatic rings. The Balaban J connectivity index is 1.89. The van der Waals surface area contributed by atoms with Gasteiger partial charge in [0.25, 0.3) is 0 Å². The Labute approximate surface area is 104 Å². The maximum absolute atomic E-state index is 5.40. The molecule has 0 unspecified atom stereocenters. The van der Waals surface area contributed by atoms with Crippen molar-refractivity contribution < 1.29 is 4.74 Å². The zero-order valence-corrected chi connectivity index (χ0v) is 10.8. The van der Waals surface area contributed by atoms with Gasteiger partial charge in [-0.1, -0.05) is 12.1 Å². The third kappa shape index (κ3) is 3.45. The van der Waals surface area contributed by atoms with E-state index in [4.69, 9.17) is 4.74 Å². The Morgan fingerprint density at radius 2 is 1.88 bits per heavy atom. The first-order valence-electron chi connectivity index (χ1n) is 6.34. The molecule has 1 aromatic carbocycles. The number of hydrogen-bond donors (Lipinski definition) is 1. The fourth-order valence-electron chi connectivity index (χ4n) is 2.32. The van der Waals surface area contributed by atoms with E-state index in [-0.39, 0.29) is 0 Å². The van der Waals surface area contributed by atoms with Crippen molar-refractivity contribution in [1.29, 1.82) is 0 Å². The summed E-state index contributed by atoms with van der Waals surface area (Å²) in [5, 5.41) is 3.14. The van der Waals surface area contributed by atoms with Crippen LogP contribution in [0.2, 0.25) is 0 Å². The van der Waals surface area contributed by atoms with E-state index in [1.165, 1.54) is 11.3 Å². The molecular formula is C14H22N2O. The van der Waals surface area contributed by atoms with Crippen LogP contribution in [-0.4, -0.2) is 38.3 Å². The molecule has 0 bridgehead atoms. The maximum atomic E-state index is 5.40. The predicted molar refractivity (Wildman–Crippen MR) is 71.3 cm³/mol. The van der Waals surface area contributed by atoms with E-state index in [9.17, 15) is 0 Å². The second kappa shape index (κ2) is 6.03. The second-order valence-electron chi connectivity index (χ2n) is 4.71. The van der Waals surface area contributed by atoms with Gasteiger partial charge in [-0.05, 0) is 37.6 Å². The molecule has 3 nitrogen and oxygen atoms in total. The smallest absolute Gasteiger partial charge is 0.0480 e. The van der Waals surface area contributed by atoms with Crippen molar-refractivity contribution in [2.75, 3.05) is 32.6 Å². The first-order valence-corrected chi connectivity index (χ1v) is 6.34. The van der Waals surface area contributed by atoms with Gasteiger partial charge in [-0.3, -0.25) is 4.90 Å². The van der Waals surface area contributed by atoms with Crippen LogP contribution >= 0.6 is 0 Å². The maximum Gasteiger partial charge on any atom is 0.0480 e. The molecule has 3 heteroatoms. The minimum absolute atomic E-state index is 0.674. The van der Waals surface area contributed by atoms with Crippen molar-refractivity contribution >= 4 is 5.69 Å². The van der Waals surface area contributed by atoms with E-state index in [2.05, 4.69) is 41.5 Å². The Morgan fingerprint density at radius 1 is 1.24 bits per heavy atom. The predicted octanol–water partition coefficient (Wildman–Crippen LogP) is 2.34. The molecule has 94 valence electrons. The van der Waals surface area contributed by atoms with Crippen molar-refractivity contribution in [3.63, 3.8) is 0 Å². The van der Waals surface area contributed by atoms with Gasteiger partial charge in [-0.2, -0.15) is 0 Å². The molecule has 1 aliphatic rings. The molecule has 1 heterocycles. The van der Waals surface area contributed by atoms with Gasteiger partial charge in [0, 0.05) is 38.5 Å². The van der Waals surface area contributed by atoms with E-state index < -0.39 is 0 Å². The number of nitrogens with zero attached hydrogens (tertiary/aromatic N) is 1. The monoisotopic (exact) mass is 234 g/mol. The van der Waals surface area contributed by atoms with E-state index in [0.29, 0.717) is 6.04 Å². The minimum atomic E-state index is 0.674. The van der Waals surface area contributed by atoms with Crippen LogP contribution < -0.4 is 5.32 Å². The second-order valence-corrected chi connectivity index (χ2v) is 4.71. The molecule has 0 spiro atoms. The van der Waals surface area contributed by atoms with Crippen LogP contribution in [0.3, 0.4) is 0 Å². The van der Waals surface area contributed by atoms with Gasteiger partial charge in [0.1, 0.15) is 0 Å². The van der Waals surface area contributed by atoms with Gasteiger partial charge < -0.3 is 10.1 Å². The summed E-state index contributed by atoms with van der Waals surface area (Å²) >= 11 is 0. The van der Waals surface area contributed by atoms with Gasteiger partial charge in [-0.25, -0.2) is 0 Å². The Bertz CT molecular complexity index is 331. The van der Waals surface area contributed by atoms with Gasteiger partial charge in [0.05, 0.1) is 0 Å². The van der Waals surface area contributed by atoms with E-state index >= 15 is 0 Å². The van der Waals surface area contributed by atoms with Crippen LogP contribution in [0.5, 0.6) is 0 Å². The van der Waals surface area contributed by atoms with Gasteiger partial charge in [0.2, 0.25) is 0 Å². The van der Waals surface area contributed by atoms with Crippen LogP contribution in [0, 0.1) is 0 Å². The zero-order valence-electron chi connectivity index (χ0n) is 10.8. The quantitative estimate of drug-likeness (QED) is 0.865. The first kappa shape index (κ1) is 12.4. The Morgan fingerprint density at radius 3 is 2.47 bits per heavy atom. The van der Waals surface area contributed by atoms with Crippen LogP contribution in [-0.2, 0) is 11.3 Å². The largest absolute Gasteiger partial charge is 0.388 e. The molecule has 2 rings (SSSR count). The molecule has 1 aliphatic heterocycles. The summed E-state index contributed by atoms with van der Waals surface area (Å²) in [6.45, 7) is 2.84. The van der Waals surface area contributed by atoms with Crippen molar-refractivity contribution in [2.24, 2.45) is 0 Å². The van der Waals surface area contributed by atoms with Crippen molar-refractivity contribution in [3.8, 4) is 0 Å². The van der Waals surface area contributed by atoms with Crippen LogP contribution in [0.1, 0.15) is 18.4 Å². The highest BCUT2D eigenvalue weighted by atomic mass is 16.5. The molecule has 1 fully saturated rings. The lowest BCUT2D eigenvalue weighted by atomic mass is 10.1. The molecule has 1 N–H and O–H groups in total. The highest BCUT2D eigenvalue weighted by Gasteiger charge is 2.18. The van der Waals surface area contributed by atoms with Crippen LogP contribution in [0.25, 0.3) is 0 Å². The molecule has 0 atom stereocenters. The van der Waals surface area contributed by atoms with E-state index in [1.54, 1.807) is 0 Å². The van der Waals surface area contributed by atoms with Crippen molar-refractivity contribution in [2.45, 2.75) is 25.4 Å². The molecule has 1 saturated heterocycles. The van der Waals surface area contributed by atoms with Gasteiger partial charge in [-0.15, -0.1) is 0 Å². The standard InChI is InChI=1S/C14H22N2O/c1-15-13-5-3-12(4-6-13)11-16(2)14-7-9-17-10-8-14/h3-6,14-15H,7-11H2,1-2H3. The summed E-state index contributed by atoms with van der Waals surface area (Å²) in [5.41, 5.74) is 2.54. The van der Waals surface area contributed by atoms with E-state index in [1.807, 2.05) is 7.05 Å². The number of nitrogens with one attached hydrogen (secondary N) is 1. The molecule has 0 saturated carbocycles. The average Bonchev–Trinajstić information content (AvgIpc) is 2.40. The molecule has 0 aliphatic carbocycles. The highest BCUT2D eigenvalue weighted by Crippen LogP contribution is 2.16. The summed E-state index contributed by atoms with van der Waals surface area (Å²) in [5.74, 6) is 0. The fraction of sp³-hybridized carbons (Fsp3) is 0.571. The Hall–Kier alpha value is -1.06. The number of hydrogen-bond acceptors (Lipinski definition) is 3. The lowest BCUT2D eigenvalue weighted by molar-refractivity contribution is 0.0407. The van der Waals surface area contributed by atoms with Crippen molar-refractivity contribution in [3.05, 3.63) is 29.8 Å². The summed E-state index contributed by atoms with van der Waals surface area (Å²) in [7, 11) is 4.16. The lowest BCUT2D eigenvalue weighted by Crippen LogP contribution is -2.36. The summed E-state index contributed by atoms with van der Waals surface area (Å²) < 4.78 is 5.40. The number of benzene rings is 1. The van der Waals surface area contributed by atoms with Gasteiger partial charge in [0.15, 0.2) is 0 Å². The molecule has 0 amide bonds. The average molecular weight is 234 g/mol. The highest BCUT2D eigenvalue weighted by molar-refractivity contribution is 5.43. The zero-order chi connectivity index (χ0) is 12.1. The van der Waals surface area contributed by atoms with Crippen LogP contribution in [0.4, 0.5) is 5.69 Å². The normalized spacial score (nSPS) is 17.4. The van der Waals surface area contributed by atoms with Gasteiger partial charge >= 0.3 is 0 Å². The molecule has 0 radical (unpaired) electrons. The minimum Gasteiger partial charge on any atom is -0.388 e. The molecular weight excluding hydrogens is 212 g/mol. The third-order valence-corrected chi connectivity index (χ3v) is 3.49. The van der Waals surface area contributed by atoms with E-state index in [0.717, 1.165) is 32.6 Å². The summed E-state index contributed by atoms with van der Waals surface area (Å²) in [6.07, 6.45) is 2.32. The molecule has 17 heavy (non-hydrogen) atoms. The SMILES string of the molecule is CNc1ccc(CN(C)C2CCOCC2)cc1. The third-order valence-electron chi connectivity index (χ3n) is 3.49.